The van der Waals surface area contributed by atoms with Crippen LogP contribution in [0, 0.1) is 0 Å². The Morgan fingerprint density at radius 3 is 2.72 bits per heavy atom. The number of carbonyl (C=O) groups is 1. The molecule has 1 aromatic rings. The van der Waals surface area contributed by atoms with Gasteiger partial charge < -0.3 is 4.90 Å². The summed E-state index contributed by atoms with van der Waals surface area (Å²) in [6.45, 7) is -0.371. The Labute approximate surface area is 103 Å². The molecule has 0 bridgehead atoms. The van der Waals surface area contributed by atoms with Gasteiger partial charge in [0.15, 0.2) is 0 Å². The van der Waals surface area contributed by atoms with E-state index in [2.05, 4.69) is 10.0 Å². The summed E-state index contributed by atoms with van der Waals surface area (Å²) in [7, 11) is 0. The molecule has 0 aliphatic carbocycles. The molecular formula is C12H11FN4O. The number of rotatable bonds is 3. The lowest BCUT2D eigenvalue weighted by atomic mass is 10.1. The lowest BCUT2D eigenvalue weighted by Gasteiger charge is -2.40. The minimum absolute atomic E-state index is 0.185. The maximum Gasteiger partial charge on any atom is 0.246 e. The molecule has 92 valence electrons. The van der Waals surface area contributed by atoms with Crippen molar-refractivity contribution in [2.45, 2.75) is 5.79 Å². The number of azide groups is 1. The van der Waals surface area contributed by atoms with Gasteiger partial charge in [-0.1, -0.05) is 30.3 Å². The molecule has 1 aromatic carbocycles. The Morgan fingerprint density at radius 1 is 1.44 bits per heavy atom. The van der Waals surface area contributed by atoms with Crippen molar-refractivity contribution in [3.05, 3.63) is 52.4 Å². The van der Waals surface area contributed by atoms with Crippen LogP contribution in [0.3, 0.4) is 0 Å². The Morgan fingerprint density at radius 2 is 2.11 bits per heavy atom. The molecule has 0 unspecified atom stereocenters. The average molecular weight is 246 g/mol. The fourth-order valence-electron chi connectivity index (χ4n) is 1.67. The number of likely N-dealkylation sites (tertiary alicyclic amines) is 1. The highest BCUT2D eigenvalue weighted by molar-refractivity contribution is 5.92. The topological polar surface area (TPSA) is 69.1 Å². The molecule has 1 saturated heterocycles. The third kappa shape index (κ3) is 2.67. The van der Waals surface area contributed by atoms with Gasteiger partial charge in [0.05, 0.1) is 13.1 Å². The molecule has 0 atom stereocenters. The summed E-state index contributed by atoms with van der Waals surface area (Å²) < 4.78 is 13.4. The van der Waals surface area contributed by atoms with E-state index in [1.54, 1.807) is 6.08 Å². The number of halogens is 1. The van der Waals surface area contributed by atoms with Crippen molar-refractivity contribution in [1.29, 1.82) is 0 Å². The van der Waals surface area contributed by atoms with Crippen LogP contribution in [0.5, 0.6) is 0 Å². The minimum Gasteiger partial charge on any atom is -0.332 e. The number of nitrogens with zero attached hydrogens (tertiary/aromatic N) is 4. The zero-order chi connectivity index (χ0) is 13.0. The van der Waals surface area contributed by atoms with Gasteiger partial charge in [-0.2, -0.15) is 0 Å². The van der Waals surface area contributed by atoms with Crippen molar-refractivity contribution in [1.82, 2.24) is 4.90 Å². The van der Waals surface area contributed by atoms with Crippen LogP contribution in [0.4, 0.5) is 4.39 Å². The highest BCUT2D eigenvalue weighted by Gasteiger charge is 2.44. The minimum atomic E-state index is -1.94. The smallest absolute Gasteiger partial charge is 0.246 e. The summed E-state index contributed by atoms with van der Waals surface area (Å²) in [5.74, 6) is -2.23. The normalized spacial score (nSPS) is 17.1. The molecule has 2 rings (SSSR count). The van der Waals surface area contributed by atoms with E-state index in [0.29, 0.717) is 0 Å². The largest absolute Gasteiger partial charge is 0.332 e. The lowest BCUT2D eigenvalue weighted by Crippen LogP contribution is -2.59. The highest BCUT2D eigenvalue weighted by Crippen LogP contribution is 2.27. The Balaban J connectivity index is 1.92. The van der Waals surface area contributed by atoms with Crippen molar-refractivity contribution in [3.8, 4) is 0 Å². The standard InChI is InChI=1S/C12H11FN4O/c13-12(15-16-14)8-17(9-12)11(18)7-6-10-4-2-1-3-5-10/h1-7H,8-9H2/b7-6+. The van der Waals surface area contributed by atoms with Gasteiger partial charge in [0.25, 0.3) is 0 Å². The summed E-state index contributed by atoms with van der Waals surface area (Å²) in [5.41, 5.74) is 9.04. The van der Waals surface area contributed by atoms with Gasteiger partial charge in [0.1, 0.15) is 0 Å². The first-order valence-electron chi connectivity index (χ1n) is 5.40. The van der Waals surface area contributed by atoms with E-state index < -0.39 is 5.79 Å². The highest BCUT2D eigenvalue weighted by atomic mass is 19.1. The first-order chi connectivity index (χ1) is 8.63. The second kappa shape index (κ2) is 4.89. The van der Waals surface area contributed by atoms with Crippen molar-refractivity contribution in [2.75, 3.05) is 13.1 Å². The van der Waals surface area contributed by atoms with Gasteiger partial charge in [-0.25, -0.2) is 4.39 Å². The second-order valence-electron chi connectivity index (χ2n) is 4.05. The summed E-state index contributed by atoms with van der Waals surface area (Å²) in [6.07, 6.45) is 3.04. The Kier molecular flexibility index (Phi) is 3.30. The van der Waals surface area contributed by atoms with E-state index >= 15 is 0 Å². The summed E-state index contributed by atoms with van der Waals surface area (Å²) >= 11 is 0. The van der Waals surface area contributed by atoms with Crippen LogP contribution in [-0.4, -0.2) is 29.7 Å². The summed E-state index contributed by atoms with van der Waals surface area (Å²) in [6, 6.07) is 9.33. The van der Waals surface area contributed by atoms with Crippen molar-refractivity contribution >= 4 is 12.0 Å². The van der Waals surface area contributed by atoms with Gasteiger partial charge >= 0.3 is 0 Å². The van der Waals surface area contributed by atoms with Gasteiger partial charge in [-0.3, -0.25) is 4.79 Å². The predicted octanol–water partition coefficient (Wildman–Crippen LogP) is 2.52. The van der Waals surface area contributed by atoms with Gasteiger partial charge in [0, 0.05) is 11.0 Å². The van der Waals surface area contributed by atoms with Gasteiger partial charge in [-0.15, -0.1) is 0 Å². The first-order valence-corrected chi connectivity index (χ1v) is 5.40. The fraction of sp³-hybridized carbons (Fsp3) is 0.250. The van der Waals surface area contributed by atoms with Crippen LogP contribution in [0.1, 0.15) is 5.56 Å². The fourth-order valence-corrected chi connectivity index (χ4v) is 1.67. The van der Waals surface area contributed by atoms with Crippen molar-refractivity contribution in [2.24, 2.45) is 5.11 Å². The van der Waals surface area contributed by atoms with Crippen molar-refractivity contribution < 1.29 is 9.18 Å². The molecule has 1 aliphatic rings. The molecule has 0 spiro atoms. The molecular weight excluding hydrogens is 235 g/mol. The third-order valence-corrected chi connectivity index (χ3v) is 2.62. The van der Waals surface area contributed by atoms with Crippen molar-refractivity contribution in [3.63, 3.8) is 0 Å². The zero-order valence-electron chi connectivity index (χ0n) is 9.53. The average Bonchev–Trinajstić information content (AvgIpc) is 2.34. The molecule has 0 aromatic heterocycles. The van der Waals surface area contributed by atoms with E-state index in [4.69, 9.17) is 5.53 Å². The van der Waals surface area contributed by atoms with E-state index in [-0.39, 0.29) is 19.0 Å². The number of carbonyl (C=O) groups excluding carboxylic acids is 1. The van der Waals surface area contributed by atoms with Crippen LogP contribution < -0.4 is 0 Å². The Bertz CT molecular complexity index is 516. The van der Waals surface area contributed by atoms with Crippen LogP contribution >= 0.6 is 0 Å². The number of benzene rings is 1. The molecule has 1 aliphatic heterocycles. The number of alkyl halides is 1. The summed E-state index contributed by atoms with van der Waals surface area (Å²) in [5, 5.41) is 3.01. The van der Waals surface area contributed by atoms with E-state index in [0.717, 1.165) is 5.56 Å². The van der Waals surface area contributed by atoms with E-state index in [1.807, 2.05) is 30.3 Å². The van der Waals surface area contributed by atoms with Gasteiger partial charge in [-0.05, 0) is 22.3 Å². The number of hydrogen-bond donors (Lipinski definition) is 0. The van der Waals surface area contributed by atoms with E-state index in [9.17, 15) is 9.18 Å². The lowest BCUT2D eigenvalue weighted by molar-refractivity contribution is -0.139. The second-order valence-corrected chi connectivity index (χ2v) is 4.05. The molecule has 1 fully saturated rings. The maximum atomic E-state index is 13.4. The molecule has 0 saturated carbocycles. The zero-order valence-corrected chi connectivity index (χ0v) is 9.53. The first kappa shape index (κ1) is 12.1. The molecule has 1 amide bonds. The van der Waals surface area contributed by atoms with Crippen LogP contribution in [0.15, 0.2) is 41.5 Å². The van der Waals surface area contributed by atoms with Crippen LogP contribution in [0.2, 0.25) is 0 Å². The Hall–Kier alpha value is -2.33. The number of hydrogen-bond acceptors (Lipinski definition) is 2. The van der Waals surface area contributed by atoms with E-state index in [1.165, 1.54) is 11.0 Å². The summed E-state index contributed by atoms with van der Waals surface area (Å²) in [4.78, 5) is 15.3. The molecule has 18 heavy (non-hydrogen) atoms. The monoisotopic (exact) mass is 246 g/mol. The third-order valence-electron chi connectivity index (χ3n) is 2.62. The van der Waals surface area contributed by atoms with Gasteiger partial charge in [0.2, 0.25) is 11.7 Å². The van der Waals surface area contributed by atoms with Crippen LogP contribution in [0.25, 0.3) is 16.5 Å². The number of amides is 1. The molecule has 6 heteroatoms. The molecule has 5 nitrogen and oxygen atoms in total. The molecule has 0 N–H and O–H groups in total. The maximum absolute atomic E-state index is 13.4. The SMILES string of the molecule is [N-]=[N+]=NC1(F)CN(C(=O)/C=C/c2ccccc2)C1. The quantitative estimate of drug-likeness (QED) is 0.265. The molecule has 1 heterocycles. The van der Waals surface area contributed by atoms with Crippen LogP contribution in [-0.2, 0) is 4.79 Å². The molecule has 0 radical (unpaired) electrons. The predicted molar refractivity (Wildman–Crippen MR) is 65.0 cm³/mol.